The van der Waals surface area contributed by atoms with Crippen molar-refractivity contribution in [1.82, 2.24) is 0 Å². The molecule has 2 nitrogen and oxygen atoms in total. The normalized spacial score (nSPS) is 9.38. The molecule has 0 heterocycles. The third-order valence-corrected chi connectivity index (χ3v) is 2.21. The van der Waals surface area contributed by atoms with Crippen LogP contribution in [0.1, 0.15) is 5.56 Å². The summed E-state index contributed by atoms with van der Waals surface area (Å²) in [5, 5.41) is 8.41. The summed E-state index contributed by atoms with van der Waals surface area (Å²) in [5.74, 6) is 0.140. The number of ether oxygens (including phenoxy) is 1. The van der Waals surface area contributed by atoms with Crippen LogP contribution in [-0.2, 0) is 6.42 Å². The molecule has 0 atom stereocenters. The third kappa shape index (κ3) is 2.19. The smallest absolute Gasteiger partial charge is 0.133 e. The SMILES string of the molecule is COc1cc(CC#N)c(F)cc1Br. The molecule has 0 amide bonds. The minimum absolute atomic E-state index is 0.0511. The van der Waals surface area contributed by atoms with Gasteiger partial charge in [-0.1, -0.05) is 0 Å². The van der Waals surface area contributed by atoms with Gasteiger partial charge in [0.1, 0.15) is 11.6 Å². The molecule has 0 bridgehead atoms. The van der Waals surface area contributed by atoms with Crippen molar-refractivity contribution in [1.29, 1.82) is 5.26 Å². The zero-order valence-electron chi connectivity index (χ0n) is 6.97. The van der Waals surface area contributed by atoms with E-state index in [1.54, 1.807) is 0 Å². The predicted molar refractivity (Wildman–Crippen MR) is 50.0 cm³/mol. The number of rotatable bonds is 2. The van der Waals surface area contributed by atoms with Gasteiger partial charge in [0.2, 0.25) is 0 Å². The first kappa shape index (κ1) is 10.0. The molecule has 1 aromatic rings. The minimum Gasteiger partial charge on any atom is -0.496 e. The van der Waals surface area contributed by atoms with Crippen LogP contribution < -0.4 is 4.74 Å². The average Bonchev–Trinajstić information content (AvgIpc) is 2.10. The van der Waals surface area contributed by atoms with Gasteiger partial charge in [0.15, 0.2) is 0 Å². The molecule has 0 radical (unpaired) electrons. The number of nitriles is 1. The van der Waals surface area contributed by atoms with Crippen molar-refractivity contribution in [2.45, 2.75) is 6.42 Å². The van der Waals surface area contributed by atoms with E-state index in [4.69, 9.17) is 10.00 Å². The zero-order chi connectivity index (χ0) is 9.84. The summed E-state index contributed by atoms with van der Waals surface area (Å²) in [7, 11) is 1.49. The van der Waals surface area contributed by atoms with Gasteiger partial charge in [-0.3, -0.25) is 0 Å². The van der Waals surface area contributed by atoms with E-state index in [0.717, 1.165) is 0 Å². The number of nitrogens with zero attached hydrogens (tertiary/aromatic N) is 1. The second-order valence-electron chi connectivity index (χ2n) is 2.41. The Bertz CT molecular complexity index is 359. The maximum atomic E-state index is 13.1. The van der Waals surface area contributed by atoms with Crippen molar-refractivity contribution < 1.29 is 9.13 Å². The third-order valence-electron chi connectivity index (χ3n) is 1.59. The van der Waals surface area contributed by atoms with Gasteiger partial charge in [0.25, 0.3) is 0 Å². The minimum atomic E-state index is -0.394. The maximum absolute atomic E-state index is 13.1. The monoisotopic (exact) mass is 243 g/mol. The molecule has 0 saturated carbocycles. The number of halogens is 2. The molecule has 0 fully saturated rings. The van der Waals surface area contributed by atoms with Crippen molar-refractivity contribution in [3.05, 3.63) is 28.0 Å². The predicted octanol–water partition coefficient (Wildman–Crippen LogP) is 2.66. The van der Waals surface area contributed by atoms with E-state index in [9.17, 15) is 4.39 Å². The molecule has 0 N–H and O–H groups in total. The van der Waals surface area contributed by atoms with E-state index in [1.165, 1.54) is 19.2 Å². The Morgan fingerprint density at radius 1 is 1.62 bits per heavy atom. The largest absolute Gasteiger partial charge is 0.496 e. The average molecular weight is 244 g/mol. The molecular weight excluding hydrogens is 237 g/mol. The van der Waals surface area contributed by atoms with Gasteiger partial charge < -0.3 is 4.74 Å². The van der Waals surface area contributed by atoms with E-state index >= 15 is 0 Å². The molecule has 4 heteroatoms. The van der Waals surface area contributed by atoms with E-state index in [2.05, 4.69) is 15.9 Å². The van der Waals surface area contributed by atoms with E-state index in [1.807, 2.05) is 6.07 Å². The van der Waals surface area contributed by atoms with Crippen LogP contribution in [0.15, 0.2) is 16.6 Å². The van der Waals surface area contributed by atoms with Crippen LogP contribution in [0.25, 0.3) is 0 Å². The van der Waals surface area contributed by atoms with Crippen molar-refractivity contribution >= 4 is 15.9 Å². The number of hydrogen-bond acceptors (Lipinski definition) is 2. The van der Waals surface area contributed by atoms with Crippen LogP contribution in [-0.4, -0.2) is 7.11 Å². The van der Waals surface area contributed by atoms with Gasteiger partial charge in [0.05, 0.1) is 24.1 Å². The first-order valence-electron chi connectivity index (χ1n) is 3.58. The van der Waals surface area contributed by atoms with Crippen LogP contribution in [0.5, 0.6) is 5.75 Å². The van der Waals surface area contributed by atoms with Gasteiger partial charge >= 0.3 is 0 Å². The summed E-state index contributed by atoms with van der Waals surface area (Å²) in [4.78, 5) is 0. The molecular formula is C9H7BrFNO. The first-order valence-corrected chi connectivity index (χ1v) is 4.37. The Labute approximate surface area is 84.1 Å². The van der Waals surface area contributed by atoms with Gasteiger partial charge in [-0.25, -0.2) is 4.39 Å². The molecule has 0 unspecified atom stereocenters. The maximum Gasteiger partial charge on any atom is 0.133 e. The molecule has 1 rings (SSSR count). The standard InChI is InChI=1S/C9H7BrFNO/c1-13-9-4-6(2-3-12)8(11)5-7(9)10/h4-5H,2H2,1H3. The quantitative estimate of drug-likeness (QED) is 0.801. The fourth-order valence-corrected chi connectivity index (χ4v) is 1.43. The van der Waals surface area contributed by atoms with E-state index in [-0.39, 0.29) is 6.42 Å². The Hall–Kier alpha value is -1.08. The molecule has 0 aliphatic rings. The van der Waals surface area contributed by atoms with Gasteiger partial charge in [-0.15, -0.1) is 0 Å². The highest BCUT2D eigenvalue weighted by molar-refractivity contribution is 9.10. The lowest BCUT2D eigenvalue weighted by molar-refractivity contribution is 0.410. The lowest BCUT2D eigenvalue weighted by atomic mass is 10.1. The molecule has 1 aromatic carbocycles. The Morgan fingerprint density at radius 3 is 2.85 bits per heavy atom. The van der Waals surface area contributed by atoms with Crippen molar-refractivity contribution in [3.63, 3.8) is 0 Å². The van der Waals surface area contributed by atoms with Crippen LogP contribution >= 0.6 is 15.9 Å². The first-order chi connectivity index (χ1) is 6.19. The van der Waals surface area contributed by atoms with Crippen molar-refractivity contribution in [2.24, 2.45) is 0 Å². The lowest BCUT2D eigenvalue weighted by Gasteiger charge is -2.05. The molecule has 68 valence electrons. The number of methoxy groups -OCH3 is 1. The molecule has 13 heavy (non-hydrogen) atoms. The lowest BCUT2D eigenvalue weighted by Crippen LogP contribution is -1.92. The summed E-state index contributed by atoms with van der Waals surface area (Å²) < 4.78 is 18.6. The van der Waals surface area contributed by atoms with Crippen molar-refractivity contribution in [3.8, 4) is 11.8 Å². The Kier molecular flexibility index (Phi) is 3.26. The van der Waals surface area contributed by atoms with Crippen LogP contribution in [0.4, 0.5) is 4.39 Å². The molecule has 0 aliphatic heterocycles. The van der Waals surface area contributed by atoms with E-state index in [0.29, 0.717) is 15.8 Å². The fraction of sp³-hybridized carbons (Fsp3) is 0.222. The summed E-state index contributed by atoms with van der Waals surface area (Å²) in [6, 6.07) is 4.70. The van der Waals surface area contributed by atoms with Crippen molar-refractivity contribution in [2.75, 3.05) is 7.11 Å². The highest BCUT2D eigenvalue weighted by atomic mass is 79.9. The fourth-order valence-electron chi connectivity index (χ4n) is 0.948. The van der Waals surface area contributed by atoms with Crippen LogP contribution in [0.2, 0.25) is 0 Å². The highest BCUT2D eigenvalue weighted by Crippen LogP contribution is 2.27. The number of benzene rings is 1. The van der Waals surface area contributed by atoms with Crippen LogP contribution in [0, 0.1) is 17.1 Å². The summed E-state index contributed by atoms with van der Waals surface area (Å²) in [6.07, 6.45) is 0.0511. The summed E-state index contributed by atoms with van der Waals surface area (Å²) in [6.45, 7) is 0. The Balaban J connectivity index is 3.16. The summed E-state index contributed by atoms with van der Waals surface area (Å²) in [5.41, 5.74) is 0.350. The Morgan fingerprint density at radius 2 is 2.31 bits per heavy atom. The second kappa shape index (κ2) is 4.24. The molecule has 0 aliphatic carbocycles. The number of hydrogen-bond donors (Lipinski definition) is 0. The van der Waals surface area contributed by atoms with Crippen LogP contribution in [0.3, 0.4) is 0 Å². The molecule has 0 saturated heterocycles. The zero-order valence-corrected chi connectivity index (χ0v) is 8.56. The summed E-state index contributed by atoms with van der Waals surface area (Å²) >= 11 is 3.14. The topological polar surface area (TPSA) is 33.0 Å². The van der Waals surface area contributed by atoms with Gasteiger partial charge in [-0.2, -0.15) is 5.26 Å². The van der Waals surface area contributed by atoms with E-state index < -0.39 is 5.82 Å². The van der Waals surface area contributed by atoms with Gasteiger partial charge in [0, 0.05) is 5.56 Å². The van der Waals surface area contributed by atoms with Gasteiger partial charge in [-0.05, 0) is 28.1 Å². The molecule has 0 spiro atoms. The molecule has 0 aromatic heterocycles. The highest BCUT2D eigenvalue weighted by Gasteiger charge is 2.07. The second-order valence-corrected chi connectivity index (χ2v) is 3.27.